The van der Waals surface area contributed by atoms with E-state index in [0.29, 0.717) is 13.0 Å². The number of nitrogens with one attached hydrogen (secondary N) is 1. The van der Waals surface area contributed by atoms with E-state index in [-0.39, 0.29) is 5.91 Å². The highest BCUT2D eigenvalue weighted by Crippen LogP contribution is 2.28. The fraction of sp³-hybridized carbons (Fsp3) is 0.600. The van der Waals surface area contributed by atoms with Crippen LogP contribution < -0.4 is 5.32 Å². The second-order valence-electron chi connectivity index (χ2n) is 4.99. The second-order valence-corrected chi connectivity index (χ2v) is 6.13. The smallest absolute Gasteiger partial charge is 0.261 e. The summed E-state index contributed by atoms with van der Waals surface area (Å²) >= 11 is 1.66. The molecular formula is C15H20N2OS. The zero-order chi connectivity index (χ0) is 13.5. The van der Waals surface area contributed by atoms with Gasteiger partial charge in [-0.2, -0.15) is 5.26 Å². The van der Waals surface area contributed by atoms with Gasteiger partial charge in [-0.25, -0.2) is 0 Å². The predicted molar refractivity (Wildman–Crippen MR) is 77.4 cm³/mol. The molecule has 3 nitrogen and oxygen atoms in total. The van der Waals surface area contributed by atoms with E-state index in [1.165, 1.54) is 29.7 Å². The summed E-state index contributed by atoms with van der Waals surface area (Å²) in [5.74, 6) is 0.0510. The summed E-state index contributed by atoms with van der Waals surface area (Å²) in [5.41, 5.74) is 1.39. The van der Waals surface area contributed by atoms with Crippen molar-refractivity contribution in [2.24, 2.45) is 0 Å². The fourth-order valence-corrected chi connectivity index (χ4v) is 3.57. The first kappa shape index (κ1) is 14.1. The molecule has 0 unspecified atom stereocenters. The summed E-state index contributed by atoms with van der Waals surface area (Å²) in [6.07, 6.45) is 8.38. The lowest BCUT2D eigenvalue weighted by Gasteiger charge is -2.01. The van der Waals surface area contributed by atoms with E-state index in [1.807, 2.05) is 0 Å². The average Bonchev–Trinajstić information content (AvgIpc) is 2.70. The Morgan fingerprint density at radius 1 is 1.32 bits per heavy atom. The highest BCUT2D eigenvalue weighted by atomic mass is 32.1. The van der Waals surface area contributed by atoms with Gasteiger partial charge in [-0.05, 0) is 50.2 Å². The summed E-state index contributed by atoms with van der Waals surface area (Å²) in [6.45, 7) is 0.670. The molecule has 1 aliphatic carbocycles. The first-order valence-electron chi connectivity index (χ1n) is 7.08. The van der Waals surface area contributed by atoms with Crippen molar-refractivity contribution < 1.29 is 4.79 Å². The number of carbonyl (C=O) groups is 1. The highest BCUT2D eigenvalue weighted by Gasteiger charge is 2.15. The zero-order valence-corrected chi connectivity index (χ0v) is 12.0. The number of unbranched alkanes of at least 4 members (excludes halogenated alkanes) is 2. The van der Waals surface area contributed by atoms with E-state index in [0.717, 1.165) is 30.6 Å². The lowest BCUT2D eigenvalue weighted by Crippen LogP contribution is -2.23. The van der Waals surface area contributed by atoms with Gasteiger partial charge >= 0.3 is 0 Å². The van der Waals surface area contributed by atoms with Gasteiger partial charge in [-0.1, -0.05) is 6.42 Å². The van der Waals surface area contributed by atoms with Crippen LogP contribution in [0.3, 0.4) is 0 Å². The van der Waals surface area contributed by atoms with E-state index in [4.69, 9.17) is 5.26 Å². The Balaban J connectivity index is 1.84. The molecule has 19 heavy (non-hydrogen) atoms. The molecule has 1 N–H and O–H groups in total. The molecule has 0 spiro atoms. The van der Waals surface area contributed by atoms with Gasteiger partial charge in [-0.3, -0.25) is 4.79 Å². The van der Waals surface area contributed by atoms with Crippen LogP contribution in [0.15, 0.2) is 6.07 Å². The van der Waals surface area contributed by atoms with Crippen LogP contribution in [0, 0.1) is 11.3 Å². The van der Waals surface area contributed by atoms with Crippen molar-refractivity contribution in [3.63, 3.8) is 0 Å². The molecule has 0 aromatic carbocycles. The van der Waals surface area contributed by atoms with Crippen molar-refractivity contribution >= 4 is 17.2 Å². The number of thiophene rings is 1. The number of fused-ring (bicyclic) bond motifs is 1. The van der Waals surface area contributed by atoms with Crippen molar-refractivity contribution in [2.45, 2.75) is 51.4 Å². The summed E-state index contributed by atoms with van der Waals surface area (Å²) in [6, 6.07) is 4.20. The molecule has 0 bridgehead atoms. The number of aryl methyl sites for hydroxylation is 2. The Morgan fingerprint density at radius 2 is 2.16 bits per heavy atom. The first-order valence-corrected chi connectivity index (χ1v) is 7.89. The average molecular weight is 276 g/mol. The Kier molecular flexibility index (Phi) is 5.41. The molecule has 0 saturated carbocycles. The summed E-state index contributed by atoms with van der Waals surface area (Å²) < 4.78 is 0. The van der Waals surface area contributed by atoms with Crippen LogP contribution in [0.5, 0.6) is 0 Å². The molecule has 0 radical (unpaired) electrons. The van der Waals surface area contributed by atoms with Gasteiger partial charge in [0.05, 0.1) is 10.9 Å². The van der Waals surface area contributed by atoms with Crippen molar-refractivity contribution in [2.75, 3.05) is 6.54 Å². The Bertz CT molecular complexity index is 449. The lowest BCUT2D eigenvalue weighted by molar-refractivity contribution is 0.0957. The van der Waals surface area contributed by atoms with Crippen molar-refractivity contribution in [1.82, 2.24) is 5.32 Å². The van der Waals surface area contributed by atoms with Gasteiger partial charge in [0.1, 0.15) is 0 Å². The third-order valence-corrected chi connectivity index (χ3v) is 4.71. The number of hydrogen-bond acceptors (Lipinski definition) is 3. The minimum Gasteiger partial charge on any atom is -0.351 e. The van der Waals surface area contributed by atoms with Crippen LogP contribution in [0.2, 0.25) is 0 Å². The minimum absolute atomic E-state index is 0.0510. The molecule has 2 rings (SSSR count). The number of nitriles is 1. The van der Waals surface area contributed by atoms with Crippen LogP contribution in [-0.2, 0) is 12.8 Å². The van der Waals surface area contributed by atoms with Crippen LogP contribution in [-0.4, -0.2) is 12.5 Å². The molecular weight excluding hydrogens is 256 g/mol. The van der Waals surface area contributed by atoms with Gasteiger partial charge in [0.15, 0.2) is 0 Å². The maximum Gasteiger partial charge on any atom is 0.261 e. The summed E-state index contributed by atoms with van der Waals surface area (Å²) in [4.78, 5) is 14.3. The van der Waals surface area contributed by atoms with Crippen molar-refractivity contribution in [3.8, 4) is 6.07 Å². The maximum absolute atomic E-state index is 12.0. The predicted octanol–water partition coefficient (Wildman–Crippen LogP) is 3.44. The number of amides is 1. The molecule has 0 atom stereocenters. The van der Waals surface area contributed by atoms with Gasteiger partial charge < -0.3 is 5.32 Å². The van der Waals surface area contributed by atoms with Gasteiger partial charge in [0, 0.05) is 17.8 Å². The quantitative estimate of drug-likeness (QED) is 0.661. The highest BCUT2D eigenvalue weighted by molar-refractivity contribution is 7.14. The zero-order valence-electron chi connectivity index (χ0n) is 11.2. The van der Waals surface area contributed by atoms with E-state index in [1.54, 1.807) is 11.3 Å². The van der Waals surface area contributed by atoms with Crippen LogP contribution in [0.25, 0.3) is 0 Å². The lowest BCUT2D eigenvalue weighted by atomic mass is 10.1. The molecule has 1 amide bonds. The Labute approximate surface area is 118 Å². The standard InChI is InChI=1S/C15H20N2OS/c16-9-5-2-6-10-17-15(18)14-11-12-7-3-1-4-8-13(12)19-14/h11H,1-8,10H2,(H,17,18). The third kappa shape index (κ3) is 4.07. The Hall–Kier alpha value is -1.34. The monoisotopic (exact) mass is 276 g/mol. The number of carbonyl (C=O) groups excluding carboxylic acids is 1. The summed E-state index contributed by atoms with van der Waals surface area (Å²) in [7, 11) is 0. The van der Waals surface area contributed by atoms with Crippen LogP contribution in [0.4, 0.5) is 0 Å². The SMILES string of the molecule is N#CCCCCNC(=O)c1cc2c(s1)CCCCC2. The van der Waals surface area contributed by atoms with E-state index >= 15 is 0 Å². The number of hydrogen-bond donors (Lipinski definition) is 1. The molecule has 1 aromatic rings. The molecule has 1 aliphatic rings. The van der Waals surface area contributed by atoms with Crippen molar-refractivity contribution in [1.29, 1.82) is 5.26 Å². The maximum atomic E-state index is 12.0. The van der Waals surface area contributed by atoms with E-state index < -0.39 is 0 Å². The molecule has 0 aliphatic heterocycles. The number of rotatable bonds is 5. The first-order chi connectivity index (χ1) is 9.31. The van der Waals surface area contributed by atoms with E-state index in [2.05, 4.69) is 17.5 Å². The van der Waals surface area contributed by atoms with Crippen LogP contribution in [0.1, 0.15) is 58.6 Å². The van der Waals surface area contributed by atoms with Crippen molar-refractivity contribution in [3.05, 3.63) is 21.4 Å². The summed E-state index contributed by atoms with van der Waals surface area (Å²) in [5, 5.41) is 11.4. The largest absolute Gasteiger partial charge is 0.351 e. The normalized spacial score (nSPS) is 14.3. The van der Waals surface area contributed by atoms with Gasteiger partial charge in [-0.15, -0.1) is 11.3 Å². The minimum atomic E-state index is 0.0510. The molecule has 102 valence electrons. The third-order valence-electron chi connectivity index (χ3n) is 3.47. The molecule has 4 heteroatoms. The topological polar surface area (TPSA) is 52.9 Å². The van der Waals surface area contributed by atoms with E-state index in [9.17, 15) is 4.79 Å². The molecule has 1 heterocycles. The Morgan fingerprint density at radius 3 is 3.00 bits per heavy atom. The molecule has 0 fully saturated rings. The second kappa shape index (κ2) is 7.30. The molecule has 1 aromatic heterocycles. The fourth-order valence-electron chi connectivity index (χ4n) is 2.40. The number of nitrogens with zero attached hydrogens (tertiary/aromatic N) is 1. The van der Waals surface area contributed by atoms with Gasteiger partial charge in [0.25, 0.3) is 5.91 Å². The molecule has 0 saturated heterocycles. The van der Waals surface area contributed by atoms with Gasteiger partial charge in [0.2, 0.25) is 0 Å². The van der Waals surface area contributed by atoms with Crippen LogP contribution >= 0.6 is 11.3 Å².